The van der Waals surface area contributed by atoms with Gasteiger partial charge in [-0.1, -0.05) is 237 Å². The number of hydrogen-bond donors (Lipinski definition) is 0. The molecule has 468 valence electrons. The first-order valence-electron chi connectivity index (χ1n) is 38.4. The van der Waals surface area contributed by atoms with Gasteiger partial charge in [-0.2, -0.15) is 0 Å². The fraction of sp³-hybridized carbons (Fsp3) is 0.258. The molecule has 0 saturated heterocycles. The zero-order valence-electron chi connectivity index (χ0n) is 67.1. The van der Waals surface area contributed by atoms with Crippen LogP contribution < -0.4 is 26.2 Å². The molecule has 2 aromatic heterocycles. The van der Waals surface area contributed by atoms with Crippen molar-refractivity contribution in [3.63, 3.8) is 0 Å². The standard InChI is InChI=1S/C89H89BN4/c1-85(2,3)54-57-34-42-78-70(46-57)66-30-22-24-32-74(66)91(78)64-38-40-72-80(52-64)93(76-44-36-62(88(10,11)12)50-68(76)60-26-18-16-19-27-60)82-48-59(56-87(7,8)9)49-83-84(82)90(72)73-41-39-65(92-75-33-25-23-31-67(75)71-47-58(35-43-79(71)92)55-86(4,5)6)53-81(73)94(83)77-45-37-63(89(13,14)15)51-69(77)61-28-20-17-21-29-61/h16-53H,54-56H2,1-15H3/i22D,23D,24D,25D,30D,31D,32D,33D,56D2. The third-order valence-corrected chi connectivity index (χ3v) is 18.8. The number of nitrogens with zero attached hydrogens (tertiary/aromatic N) is 4. The monoisotopic (exact) mass is 1230 g/mol. The minimum atomic E-state index is -1.97. The Bertz CT molecular complexity index is 5400. The fourth-order valence-electron chi connectivity index (χ4n) is 14.9. The molecule has 0 fully saturated rings. The van der Waals surface area contributed by atoms with Gasteiger partial charge in [0.05, 0.1) is 44.4 Å². The normalized spacial score (nSPS) is 15.2. The molecule has 5 heteroatoms. The van der Waals surface area contributed by atoms with E-state index >= 15 is 0 Å². The van der Waals surface area contributed by atoms with E-state index in [2.05, 4.69) is 263 Å². The van der Waals surface area contributed by atoms with Gasteiger partial charge < -0.3 is 18.9 Å². The van der Waals surface area contributed by atoms with E-state index in [0.717, 1.165) is 130 Å². The molecular weight excluding hydrogens is 1140 g/mol. The lowest BCUT2D eigenvalue weighted by atomic mass is 9.33. The highest BCUT2D eigenvalue weighted by Gasteiger charge is 2.45. The van der Waals surface area contributed by atoms with E-state index in [1.165, 1.54) is 0 Å². The van der Waals surface area contributed by atoms with E-state index in [4.69, 9.17) is 2.74 Å². The summed E-state index contributed by atoms with van der Waals surface area (Å²) < 4.78 is 101. The van der Waals surface area contributed by atoms with Gasteiger partial charge in [0, 0.05) is 69.5 Å². The van der Waals surface area contributed by atoms with Crippen LogP contribution in [-0.2, 0) is 30.0 Å². The molecule has 2 aliphatic rings. The number of benzene rings is 11. The van der Waals surface area contributed by atoms with Crippen molar-refractivity contribution >= 4 is 101 Å². The van der Waals surface area contributed by atoms with Crippen LogP contribution in [0.5, 0.6) is 0 Å². The highest BCUT2D eigenvalue weighted by Crippen LogP contribution is 2.52. The van der Waals surface area contributed by atoms with Gasteiger partial charge in [-0.25, -0.2) is 0 Å². The lowest BCUT2D eigenvalue weighted by Crippen LogP contribution is -2.61. The lowest BCUT2D eigenvalue weighted by molar-refractivity contribution is 0.411. The second-order valence-corrected chi connectivity index (χ2v) is 31.9. The van der Waals surface area contributed by atoms with Crippen LogP contribution in [0.15, 0.2) is 230 Å². The Morgan fingerprint density at radius 1 is 0.351 bits per heavy atom. The predicted molar refractivity (Wildman–Crippen MR) is 407 cm³/mol. The van der Waals surface area contributed by atoms with Gasteiger partial charge >= 0.3 is 0 Å². The van der Waals surface area contributed by atoms with Crippen molar-refractivity contribution in [3.8, 4) is 33.6 Å². The van der Waals surface area contributed by atoms with E-state index in [1.54, 1.807) is 0 Å². The molecule has 0 amide bonds. The smallest absolute Gasteiger partial charge is 0.252 e. The van der Waals surface area contributed by atoms with E-state index in [0.29, 0.717) is 38.7 Å². The lowest BCUT2D eigenvalue weighted by Gasteiger charge is -2.45. The van der Waals surface area contributed by atoms with E-state index in [-0.39, 0.29) is 70.0 Å². The Balaban J connectivity index is 1.12. The zero-order valence-corrected chi connectivity index (χ0v) is 57.1. The minimum Gasteiger partial charge on any atom is -0.311 e. The molecule has 0 aliphatic carbocycles. The molecule has 15 rings (SSSR count). The number of fused-ring (bicyclic) bond motifs is 10. The molecule has 0 N–H and O–H groups in total. The molecule has 0 radical (unpaired) electrons. The van der Waals surface area contributed by atoms with Crippen LogP contribution in [0.2, 0.25) is 0 Å². The highest BCUT2D eigenvalue weighted by atomic mass is 15.2. The topological polar surface area (TPSA) is 16.3 Å². The number of hydrogen-bond acceptors (Lipinski definition) is 2. The average Bonchev–Trinajstić information content (AvgIpc) is 0.767. The second-order valence-electron chi connectivity index (χ2n) is 31.9. The van der Waals surface area contributed by atoms with Gasteiger partial charge in [0.1, 0.15) is 0 Å². The molecule has 0 unspecified atom stereocenters. The molecule has 13 aromatic rings. The number of rotatable bonds is 9. The molecule has 0 spiro atoms. The number of anilines is 6. The first-order valence-corrected chi connectivity index (χ1v) is 33.4. The quantitative estimate of drug-likeness (QED) is 0.134. The summed E-state index contributed by atoms with van der Waals surface area (Å²) in [5.74, 6) is 0. The SMILES string of the molecule is [2H]c1c([2H])c([2H])c2c(c1[2H])c1cc(CC(C)(C)C)ccc1n2-c1ccc2c(c1)N(c1ccc(C(C)(C)C)cc1-c1ccccc1)c1cc(C([2H])([2H])C(C)(C)C)cc3c1B2c1ccc(-n2c4ccc(CC(C)(C)C)cc4c4c([2H])c([2H])c([2H])c([2H])c42)cc1N3c1ccc(C(C)(C)C)cc1-c1ccccc1. The van der Waals surface area contributed by atoms with Crippen molar-refractivity contribution in [1.82, 2.24) is 9.13 Å². The Morgan fingerprint density at radius 2 is 0.766 bits per heavy atom. The Labute approximate surface area is 572 Å². The van der Waals surface area contributed by atoms with Crippen molar-refractivity contribution < 1.29 is 13.7 Å². The van der Waals surface area contributed by atoms with E-state index in [1.807, 2.05) is 42.0 Å². The van der Waals surface area contributed by atoms with Crippen LogP contribution in [0.4, 0.5) is 34.1 Å². The minimum absolute atomic E-state index is 0.0742. The summed E-state index contributed by atoms with van der Waals surface area (Å²) >= 11 is 0. The molecule has 94 heavy (non-hydrogen) atoms. The van der Waals surface area contributed by atoms with Crippen molar-refractivity contribution in [1.29, 1.82) is 0 Å². The molecule has 4 heterocycles. The summed E-state index contributed by atoms with van der Waals surface area (Å²) in [7, 11) is 0. The van der Waals surface area contributed by atoms with Gasteiger partial charge in [0.15, 0.2) is 0 Å². The van der Waals surface area contributed by atoms with Crippen molar-refractivity contribution in [2.45, 2.75) is 134 Å². The molecule has 2 aliphatic heterocycles. The molecule has 0 bridgehead atoms. The molecule has 0 atom stereocenters. The summed E-state index contributed by atoms with van der Waals surface area (Å²) in [6.45, 7) is 31.8. The van der Waals surface area contributed by atoms with Crippen LogP contribution in [0, 0.1) is 16.2 Å². The Hall–Kier alpha value is -9.32. The molecule has 4 nitrogen and oxygen atoms in total. The van der Waals surface area contributed by atoms with Crippen LogP contribution in [-0.4, -0.2) is 15.8 Å². The second kappa shape index (κ2) is 22.2. The number of aromatic nitrogens is 2. The first-order chi connectivity index (χ1) is 48.8. The van der Waals surface area contributed by atoms with Gasteiger partial charge in [-0.05, 0) is 199 Å². The predicted octanol–water partition coefficient (Wildman–Crippen LogP) is 22.7. The zero-order chi connectivity index (χ0) is 74.3. The van der Waals surface area contributed by atoms with Gasteiger partial charge in [0.25, 0.3) is 6.71 Å². The maximum atomic E-state index is 10.6. The summed E-state index contributed by atoms with van der Waals surface area (Å²) in [4.78, 5) is 4.68. The molecule has 11 aromatic carbocycles. The first kappa shape index (κ1) is 50.2. The Kier molecular flexibility index (Phi) is 11.8. The number of para-hydroxylation sites is 2. The van der Waals surface area contributed by atoms with Gasteiger partial charge in [-0.3, -0.25) is 0 Å². The average molecular weight is 1240 g/mol. The van der Waals surface area contributed by atoms with Crippen LogP contribution in [0.25, 0.3) is 77.2 Å². The van der Waals surface area contributed by atoms with Crippen LogP contribution >= 0.6 is 0 Å². The largest absolute Gasteiger partial charge is 0.311 e. The van der Waals surface area contributed by atoms with Crippen molar-refractivity contribution in [2.75, 3.05) is 9.80 Å². The van der Waals surface area contributed by atoms with Gasteiger partial charge in [0.2, 0.25) is 0 Å². The van der Waals surface area contributed by atoms with Crippen LogP contribution in [0.3, 0.4) is 0 Å². The van der Waals surface area contributed by atoms with E-state index < -0.39 is 18.5 Å². The summed E-state index contributed by atoms with van der Waals surface area (Å²) in [6.07, 6.45) is -0.482. The summed E-state index contributed by atoms with van der Waals surface area (Å²) in [5, 5.41) is 2.33. The Morgan fingerprint density at radius 3 is 1.16 bits per heavy atom. The fourth-order valence-corrected chi connectivity index (χ4v) is 14.9. The molecule has 0 saturated carbocycles. The van der Waals surface area contributed by atoms with Gasteiger partial charge in [-0.15, -0.1) is 0 Å². The van der Waals surface area contributed by atoms with Crippen molar-refractivity contribution in [3.05, 3.63) is 258 Å². The third-order valence-electron chi connectivity index (χ3n) is 18.8. The maximum absolute atomic E-state index is 10.6. The van der Waals surface area contributed by atoms with Crippen molar-refractivity contribution in [2.24, 2.45) is 16.2 Å². The van der Waals surface area contributed by atoms with Crippen LogP contribution in [0.1, 0.15) is 145 Å². The summed E-state index contributed by atoms with van der Waals surface area (Å²) in [6, 6.07) is 62.3. The maximum Gasteiger partial charge on any atom is 0.252 e. The highest BCUT2D eigenvalue weighted by molar-refractivity contribution is 7.00. The molecular formula is C89H89BN4. The summed E-state index contributed by atoms with van der Waals surface area (Å²) in [5.41, 5.74) is 18.2. The van der Waals surface area contributed by atoms with E-state index in [9.17, 15) is 11.0 Å². The third kappa shape index (κ3) is 10.8.